The molecule has 2 aromatic rings. The molecule has 1 N–H and O–H groups in total. The van der Waals surface area contributed by atoms with Crippen LogP contribution in [0.25, 0.3) is 0 Å². The van der Waals surface area contributed by atoms with Gasteiger partial charge in [0.2, 0.25) is 0 Å². The molecule has 0 fully saturated rings. The van der Waals surface area contributed by atoms with Crippen LogP contribution in [-0.4, -0.2) is 26.3 Å². The molecule has 1 aromatic carbocycles. The predicted molar refractivity (Wildman–Crippen MR) is 92.6 cm³/mol. The molecule has 0 saturated carbocycles. The van der Waals surface area contributed by atoms with Gasteiger partial charge in [-0.1, -0.05) is 12.1 Å². The molecule has 2 rings (SSSR count). The van der Waals surface area contributed by atoms with Crippen LogP contribution in [0.1, 0.15) is 22.7 Å². The summed E-state index contributed by atoms with van der Waals surface area (Å²) in [7, 11) is -3.22. The SMILES string of the molecule is CS(=O)(=O)Cc1ccc(C(=O)Nc2ccccc2SCCC#N)o1. The van der Waals surface area contributed by atoms with Gasteiger partial charge in [0.1, 0.15) is 11.5 Å². The average Bonchev–Trinajstić information content (AvgIpc) is 2.95. The number of benzene rings is 1. The number of nitrogens with one attached hydrogen (secondary N) is 1. The van der Waals surface area contributed by atoms with Crippen molar-refractivity contribution in [3.05, 3.63) is 47.9 Å². The second-order valence-electron chi connectivity index (χ2n) is 5.04. The van der Waals surface area contributed by atoms with Crippen molar-refractivity contribution in [3.8, 4) is 6.07 Å². The molecule has 0 unspecified atom stereocenters. The van der Waals surface area contributed by atoms with Crippen LogP contribution in [-0.2, 0) is 15.6 Å². The number of carbonyl (C=O) groups excluding carboxylic acids is 1. The van der Waals surface area contributed by atoms with Crippen LogP contribution in [0.15, 0.2) is 45.7 Å². The zero-order valence-corrected chi connectivity index (χ0v) is 14.6. The summed E-state index contributed by atoms with van der Waals surface area (Å²) in [6.07, 6.45) is 1.52. The van der Waals surface area contributed by atoms with Gasteiger partial charge >= 0.3 is 0 Å². The summed E-state index contributed by atoms with van der Waals surface area (Å²) < 4.78 is 27.8. The first-order valence-corrected chi connectivity index (χ1v) is 10.1. The number of hydrogen-bond donors (Lipinski definition) is 1. The highest BCUT2D eigenvalue weighted by atomic mass is 32.2. The number of thioether (sulfide) groups is 1. The van der Waals surface area contributed by atoms with Gasteiger partial charge < -0.3 is 9.73 Å². The fraction of sp³-hybridized carbons (Fsp3) is 0.250. The van der Waals surface area contributed by atoms with Crippen LogP contribution in [0.5, 0.6) is 0 Å². The molecule has 8 heteroatoms. The molecule has 6 nitrogen and oxygen atoms in total. The van der Waals surface area contributed by atoms with E-state index in [1.807, 2.05) is 12.1 Å². The van der Waals surface area contributed by atoms with Gasteiger partial charge in [-0.3, -0.25) is 4.79 Å². The summed E-state index contributed by atoms with van der Waals surface area (Å²) in [6.45, 7) is 0. The Labute approximate surface area is 144 Å². The zero-order chi connectivity index (χ0) is 17.6. The van der Waals surface area contributed by atoms with Crippen molar-refractivity contribution >= 4 is 33.2 Å². The van der Waals surface area contributed by atoms with Crippen LogP contribution in [0, 0.1) is 11.3 Å². The van der Waals surface area contributed by atoms with Gasteiger partial charge in [0.25, 0.3) is 5.91 Å². The molecule has 0 atom stereocenters. The molecule has 0 spiro atoms. The highest BCUT2D eigenvalue weighted by molar-refractivity contribution is 7.99. The largest absolute Gasteiger partial charge is 0.455 e. The van der Waals surface area contributed by atoms with E-state index in [9.17, 15) is 13.2 Å². The Morgan fingerprint density at radius 3 is 2.75 bits per heavy atom. The summed E-state index contributed by atoms with van der Waals surface area (Å²) in [5.74, 6) is 0.191. The molecule has 1 amide bonds. The van der Waals surface area contributed by atoms with Gasteiger partial charge in [-0.15, -0.1) is 11.8 Å². The third-order valence-electron chi connectivity index (χ3n) is 2.90. The number of nitriles is 1. The minimum atomic E-state index is -3.22. The molecule has 24 heavy (non-hydrogen) atoms. The van der Waals surface area contributed by atoms with Crippen molar-refractivity contribution in [1.29, 1.82) is 5.26 Å². The fourth-order valence-electron chi connectivity index (χ4n) is 1.92. The lowest BCUT2D eigenvalue weighted by atomic mass is 10.3. The molecule has 126 valence electrons. The smallest absolute Gasteiger partial charge is 0.291 e. The number of nitrogens with zero attached hydrogens (tertiary/aromatic N) is 1. The Kier molecular flexibility index (Phi) is 6.06. The van der Waals surface area contributed by atoms with Crippen molar-refractivity contribution in [1.82, 2.24) is 0 Å². The summed E-state index contributed by atoms with van der Waals surface area (Å²) in [5.41, 5.74) is 0.617. The normalized spacial score (nSPS) is 11.0. The van der Waals surface area contributed by atoms with Crippen LogP contribution in [0.3, 0.4) is 0 Å². The number of furan rings is 1. The lowest BCUT2D eigenvalue weighted by molar-refractivity contribution is 0.0995. The summed E-state index contributed by atoms with van der Waals surface area (Å²) in [6, 6.07) is 12.2. The monoisotopic (exact) mass is 364 g/mol. The van der Waals surface area contributed by atoms with Gasteiger partial charge in [-0.05, 0) is 24.3 Å². The number of para-hydroxylation sites is 1. The maximum absolute atomic E-state index is 12.3. The van der Waals surface area contributed by atoms with Gasteiger partial charge in [0.15, 0.2) is 15.6 Å². The predicted octanol–water partition coefficient (Wildman–Crippen LogP) is 3.08. The maximum Gasteiger partial charge on any atom is 0.291 e. The van der Waals surface area contributed by atoms with Crippen LogP contribution in [0.2, 0.25) is 0 Å². The van der Waals surface area contributed by atoms with Crippen molar-refractivity contribution in [2.24, 2.45) is 0 Å². The van der Waals surface area contributed by atoms with Crippen LogP contribution < -0.4 is 5.32 Å². The van der Waals surface area contributed by atoms with Crippen LogP contribution in [0.4, 0.5) is 5.69 Å². The summed E-state index contributed by atoms with van der Waals surface area (Å²) in [5, 5.41) is 11.3. The van der Waals surface area contributed by atoms with Gasteiger partial charge in [-0.25, -0.2) is 8.42 Å². The number of carbonyl (C=O) groups is 1. The summed E-state index contributed by atoms with van der Waals surface area (Å²) >= 11 is 1.47. The van der Waals surface area contributed by atoms with E-state index >= 15 is 0 Å². The number of sulfone groups is 1. The minimum Gasteiger partial charge on any atom is -0.455 e. The number of amides is 1. The Morgan fingerprint density at radius 1 is 1.29 bits per heavy atom. The quantitative estimate of drug-likeness (QED) is 0.598. The second kappa shape index (κ2) is 8.04. The van der Waals surface area contributed by atoms with Crippen molar-refractivity contribution in [2.75, 3.05) is 17.3 Å². The molecule has 1 aromatic heterocycles. The van der Waals surface area contributed by atoms with E-state index in [1.165, 1.54) is 23.9 Å². The maximum atomic E-state index is 12.3. The molecular weight excluding hydrogens is 348 g/mol. The highest BCUT2D eigenvalue weighted by Gasteiger charge is 2.15. The van der Waals surface area contributed by atoms with Crippen molar-refractivity contribution in [3.63, 3.8) is 0 Å². The Morgan fingerprint density at radius 2 is 2.04 bits per heavy atom. The fourth-order valence-corrected chi connectivity index (χ4v) is 3.46. The van der Waals surface area contributed by atoms with E-state index in [4.69, 9.17) is 9.68 Å². The Balaban J connectivity index is 2.09. The van der Waals surface area contributed by atoms with Crippen molar-refractivity contribution in [2.45, 2.75) is 17.1 Å². The van der Waals surface area contributed by atoms with E-state index in [0.29, 0.717) is 17.9 Å². The van der Waals surface area contributed by atoms with E-state index in [-0.39, 0.29) is 17.3 Å². The third-order valence-corrected chi connectivity index (χ3v) is 4.78. The van der Waals surface area contributed by atoms with E-state index in [2.05, 4.69) is 11.4 Å². The molecule has 0 aliphatic rings. The molecule has 0 radical (unpaired) electrons. The third kappa shape index (κ3) is 5.44. The number of rotatable bonds is 7. The summed E-state index contributed by atoms with van der Waals surface area (Å²) in [4.78, 5) is 13.1. The van der Waals surface area contributed by atoms with Crippen LogP contribution >= 0.6 is 11.8 Å². The molecule has 1 heterocycles. The van der Waals surface area contributed by atoms with Gasteiger partial charge in [0.05, 0.1) is 11.8 Å². The lowest BCUT2D eigenvalue weighted by Gasteiger charge is -2.09. The average molecular weight is 364 g/mol. The number of anilines is 1. The molecule has 0 aliphatic heterocycles. The number of hydrogen-bond acceptors (Lipinski definition) is 6. The standard InChI is InChI=1S/C16H16N2O4S2/c1-24(20,21)11-12-7-8-14(22-12)16(19)18-13-5-2-3-6-15(13)23-10-4-9-17/h2-3,5-8H,4,10-11H2,1H3,(H,18,19). The zero-order valence-electron chi connectivity index (χ0n) is 13.0. The van der Waals surface area contributed by atoms with E-state index < -0.39 is 15.7 Å². The highest BCUT2D eigenvalue weighted by Crippen LogP contribution is 2.28. The van der Waals surface area contributed by atoms with Crippen molar-refractivity contribution < 1.29 is 17.6 Å². The Bertz CT molecular complexity index is 866. The molecule has 0 saturated heterocycles. The lowest BCUT2D eigenvalue weighted by Crippen LogP contribution is -2.11. The van der Waals surface area contributed by atoms with Gasteiger partial charge in [-0.2, -0.15) is 5.26 Å². The van der Waals surface area contributed by atoms with E-state index in [1.54, 1.807) is 12.1 Å². The molecule has 0 bridgehead atoms. The molecule has 0 aliphatic carbocycles. The molecular formula is C16H16N2O4S2. The van der Waals surface area contributed by atoms with Gasteiger partial charge in [0, 0.05) is 23.3 Å². The Hall–Kier alpha value is -2.24. The van der Waals surface area contributed by atoms with E-state index in [0.717, 1.165) is 11.2 Å². The first kappa shape index (κ1) is 18.1. The first-order valence-electron chi connectivity index (χ1n) is 7.05. The first-order chi connectivity index (χ1) is 11.4. The topological polar surface area (TPSA) is 100 Å². The minimum absolute atomic E-state index is 0.0467. The second-order valence-corrected chi connectivity index (χ2v) is 8.32.